The summed E-state index contributed by atoms with van der Waals surface area (Å²) in [6, 6.07) is 18.1. The summed E-state index contributed by atoms with van der Waals surface area (Å²) in [5, 5.41) is 0. The predicted octanol–water partition coefficient (Wildman–Crippen LogP) is 11.3. The third-order valence-electron chi connectivity index (χ3n) is 7.24. The van der Waals surface area contributed by atoms with E-state index in [-0.39, 0.29) is 5.41 Å². The molecule has 1 unspecified atom stereocenters. The zero-order valence-corrected chi connectivity index (χ0v) is 23.0. The van der Waals surface area contributed by atoms with Gasteiger partial charge in [-0.1, -0.05) is 172 Å². The molecular weight excluding hydrogens is 408 g/mol. The second-order valence-corrected chi connectivity index (χ2v) is 11.5. The quantitative estimate of drug-likeness (QED) is 0.172. The molecule has 0 heterocycles. The first-order valence-electron chi connectivity index (χ1n) is 14.3. The van der Waals surface area contributed by atoms with Crippen LogP contribution in [0.15, 0.2) is 48.5 Å². The summed E-state index contributed by atoms with van der Waals surface area (Å²) in [5.74, 6) is 0.658. The van der Waals surface area contributed by atoms with Crippen LogP contribution in [0.1, 0.15) is 146 Å². The van der Waals surface area contributed by atoms with Gasteiger partial charge in [-0.05, 0) is 40.0 Å². The van der Waals surface area contributed by atoms with Crippen LogP contribution in [0.4, 0.5) is 0 Å². The molecule has 0 aliphatic heterocycles. The maximum absolute atomic E-state index is 2.39. The van der Waals surface area contributed by atoms with Gasteiger partial charge in [0.05, 0.1) is 0 Å². The highest BCUT2D eigenvalue weighted by atomic mass is 14.2. The number of rotatable bonds is 16. The summed E-state index contributed by atoms with van der Waals surface area (Å²) >= 11 is 0. The standard InChI is InChI=1S/C34H52/c1-6-7-8-9-10-11-12-13-14-15-16-17-18-29(2)32-25-21-30(22-26-32)19-20-31-23-27-33(28-24-31)34(3,4)5/h19-29H,6-18H2,1-5H3. The van der Waals surface area contributed by atoms with Crippen LogP contribution in [0, 0.1) is 0 Å². The van der Waals surface area contributed by atoms with E-state index in [0.717, 1.165) is 0 Å². The molecule has 2 aromatic rings. The molecule has 0 amide bonds. The van der Waals surface area contributed by atoms with Crippen molar-refractivity contribution >= 4 is 12.2 Å². The van der Waals surface area contributed by atoms with Crippen molar-refractivity contribution in [3.63, 3.8) is 0 Å². The molecule has 2 aromatic carbocycles. The fourth-order valence-corrected chi connectivity index (χ4v) is 4.68. The first kappa shape index (κ1) is 28.4. The molecule has 0 fully saturated rings. The normalized spacial score (nSPS) is 13.0. The van der Waals surface area contributed by atoms with Crippen molar-refractivity contribution in [2.45, 2.75) is 129 Å². The van der Waals surface area contributed by atoms with Crippen molar-refractivity contribution in [3.05, 3.63) is 70.8 Å². The minimum absolute atomic E-state index is 0.210. The second-order valence-electron chi connectivity index (χ2n) is 11.5. The highest BCUT2D eigenvalue weighted by molar-refractivity contribution is 5.69. The van der Waals surface area contributed by atoms with Gasteiger partial charge in [-0.3, -0.25) is 0 Å². The number of unbranched alkanes of at least 4 members (excludes halogenated alkanes) is 11. The number of hydrogen-bond acceptors (Lipinski definition) is 0. The van der Waals surface area contributed by atoms with E-state index < -0.39 is 0 Å². The second kappa shape index (κ2) is 16.0. The van der Waals surface area contributed by atoms with Gasteiger partial charge in [-0.25, -0.2) is 0 Å². The molecule has 0 aliphatic rings. The first-order valence-corrected chi connectivity index (χ1v) is 14.3. The molecule has 0 spiro atoms. The molecule has 0 heteroatoms. The third-order valence-corrected chi connectivity index (χ3v) is 7.24. The van der Waals surface area contributed by atoms with Gasteiger partial charge in [0.15, 0.2) is 0 Å². The Labute approximate surface area is 212 Å². The van der Waals surface area contributed by atoms with Crippen molar-refractivity contribution in [1.29, 1.82) is 0 Å². The van der Waals surface area contributed by atoms with Gasteiger partial charge >= 0.3 is 0 Å². The van der Waals surface area contributed by atoms with Crippen LogP contribution in [0.5, 0.6) is 0 Å². The first-order chi connectivity index (χ1) is 16.4. The van der Waals surface area contributed by atoms with Crippen LogP contribution in [0.3, 0.4) is 0 Å². The Balaban J connectivity index is 1.61. The molecular formula is C34H52. The summed E-state index contributed by atoms with van der Waals surface area (Å²) in [5.41, 5.74) is 5.62. The molecule has 0 nitrogen and oxygen atoms in total. The fraction of sp³-hybridized carbons (Fsp3) is 0.588. The molecule has 188 valence electrons. The molecule has 0 aliphatic carbocycles. The van der Waals surface area contributed by atoms with E-state index >= 15 is 0 Å². The smallest absolute Gasteiger partial charge is 0.0132 e. The van der Waals surface area contributed by atoms with E-state index in [1.165, 1.54) is 106 Å². The highest BCUT2D eigenvalue weighted by Crippen LogP contribution is 2.25. The third kappa shape index (κ3) is 11.5. The van der Waals surface area contributed by atoms with Gasteiger partial charge in [-0.2, -0.15) is 0 Å². The average Bonchev–Trinajstić information content (AvgIpc) is 2.83. The van der Waals surface area contributed by atoms with Gasteiger partial charge in [0.2, 0.25) is 0 Å². The van der Waals surface area contributed by atoms with Crippen molar-refractivity contribution in [1.82, 2.24) is 0 Å². The molecule has 0 aromatic heterocycles. The summed E-state index contributed by atoms with van der Waals surface area (Å²) in [6.45, 7) is 11.5. The average molecular weight is 461 g/mol. The van der Waals surface area contributed by atoms with Crippen molar-refractivity contribution in [3.8, 4) is 0 Å². The zero-order valence-electron chi connectivity index (χ0n) is 23.0. The Morgan fingerprint density at radius 3 is 1.44 bits per heavy atom. The van der Waals surface area contributed by atoms with E-state index in [1.54, 1.807) is 0 Å². The van der Waals surface area contributed by atoms with Crippen LogP contribution >= 0.6 is 0 Å². The minimum atomic E-state index is 0.210. The van der Waals surface area contributed by atoms with Gasteiger partial charge in [-0.15, -0.1) is 0 Å². The molecule has 1 atom stereocenters. The van der Waals surface area contributed by atoms with E-state index in [0.29, 0.717) is 5.92 Å². The molecule has 0 saturated heterocycles. The van der Waals surface area contributed by atoms with Crippen LogP contribution in [0.25, 0.3) is 12.2 Å². The van der Waals surface area contributed by atoms with Crippen LogP contribution < -0.4 is 0 Å². The molecule has 0 N–H and O–H groups in total. The molecule has 0 saturated carbocycles. The van der Waals surface area contributed by atoms with Gasteiger partial charge in [0, 0.05) is 0 Å². The summed E-state index contributed by atoms with van der Waals surface area (Å²) in [7, 11) is 0. The van der Waals surface area contributed by atoms with Gasteiger partial charge < -0.3 is 0 Å². The highest BCUT2D eigenvalue weighted by Gasteiger charge is 2.12. The van der Waals surface area contributed by atoms with Crippen LogP contribution in [-0.2, 0) is 5.41 Å². The number of benzene rings is 2. The van der Waals surface area contributed by atoms with E-state index in [2.05, 4.69) is 95.3 Å². The van der Waals surface area contributed by atoms with E-state index in [1.807, 2.05) is 0 Å². The summed E-state index contributed by atoms with van der Waals surface area (Å²) in [6.07, 6.45) is 22.9. The maximum atomic E-state index is 2.39. The van der Waals surface area contributed by atoms with Crippen molar-refractivity contribution in [2.24, 2.45) is 0 Å². The lowest BCUT2D eigenvalue weighted by Crippen LogP contribution is -2.10. The molecule has 34 heavy (non-hydrogen) atoms. The Hall–Kier alpha value is -1.82. The lowest BCUT2D eigenvalue weighted by molar-refractivity contribution is 0.528. The monoisotopic (exact) mass is 460 g/mol. The molecule has 0 radical (unpaired) electrons. The Kier molecular flexibility index (Phi) is 13.3. The Morgan fingerprint density at radius 2 is 1.00 bits per heavy atom. The molecule has 0 bridgehead atoms. The van der Waals surface area contributed by atoms with Crippen LogP contribution in [-0.4, -0.2) is 0 Å². The largest absolute Gasteiger partial charge is 0.0654 e. The van der Waals surface area contributed by atoms with Gasteiger partial charge in [0.1, 0.15) is 0 Å². The lowest BCUT2D eigenvalue weighted by Gasteiger charge is -2.18. The van der Waals surface area contributed by atoms with E-state index in [9.17, 15) is 0 Å². The number of hydrogen-bond donors (Lipinski definition) is 0. The van der Waals surface area contributed by atoms with Crippen LogP contribution in [0.2, 0.25) is 0 Å². The lowest BCUT2D eigenvalue weighted by atomic mass is 9.87. The topological polar surface area (TPSA) is 0 Å². The summed E-state index contributed by atoms with van der Waals surface area (Å²) < 4.78 is 0. The molecule has 2 rings (SSSR count). The van der Waals surface area contributed by atoms with Crippen molar-refractivity contribution < 1.29 is 0 Å². The SMILES string of the molecule is CCCCCCCCCCCCCCC(C)c1ccc(C=Cc2ccc(C(C)(C)C)cc2)cc1. The van der Waals surface area contributed by atoms with E-state index in [4.69, 9.17) is 0 Å². The Morgan fingerprint density at radius 1 is 0.588 bits per heavy atom. The zero-order chi connectivity index (χ0) is 24.7. The summed E-state index contributed by atoms with van der Waals surface area (Å²) in [4.78, 5) is 0. The minimum Gasteiger partial charge on any atom is -0.0654 e. The fourth-order valence-electron chi connectivity index (χ4n) is 4.68. The Bertz CT molecular complexity index is 785. The van der Waals surface area contributed by atoms with Crippen molar-refractivity contribution in [2.75, 3.05) is 0 Å². The maximum Gasteiger partial charge on any atom is -0.0132 e. The predicted molar refractivity (Wildman–Crippen MR) is 155 cm³/mol. The van der Waals surface area contributed by atoms with Gasteiger partial charge in [0.25, 0.3) is 0 Å².